The second kappa shape index (κ2) is 7.12. The monoisotopic (exact) mass is 346 g/mol. The summed E-state index contributed by atoms with van der Waals surface area (Å²) in [7, 11) is 2.00. The first-order valence-electron chi connectivity index (χ1n) is 9.01. The number of amides is 1. The van der Waals surface area contributed by atoms with Crippen molar-refractivity contribution in [2.75, 3.05) is 25.0 Å². The van der Waals surface area contributed by atoms with E-state index < -0.39 is 0 Å². The Balaban J connectivity index is 1.57. The summed E-state index contributed by atoms with van der Waals surface area (Å²) < 4.78 is 0. The summed E-state index contributed by atoms with van der Waals surface area (Å²) in [6, 6.07) is 13.9. The lowest BCUT2D eigenvalue weighted by atomic mass is 10.1. The summed E-state index contributed by atoms with van der Waals surface area (Å²) in [5.41, 5.74) is 2.89. The van der Waals surface area contributed by atoms with Gasteiger partial charge < -0.3 is 9.80 Å². The molecule has 2 aromatic heterocycles. The highest BCUT2D eigenvalue weighted by Crippen LogP contribution is 2.21. The lowest BCUT2D eigenvalue weighted by molar-refractivity contribution is 0.0792. The highest BCUT2D eigenvalue weighted by Gasteiger charge is 2.20. The molecule has 1 aliphatic rings. The van der Waals surface area contributed by atoms with Gasteiger partial charge in [0.15, 0.2) is 0 Å². The van der Waals surface area contributed by atoms with Gasteiger partial charge in [-0.1, -0.05) is 18.2 Å². The van der Waals surface area contributed by atoms with Gasteiger partial charge in [-0.2, -0.15) is 0 Å². The van der Waals surface area contributed by atoms with Crippen LogP contribution in [0.3, 0.4) is 0 Å². The van der Waals surface area contributed by atoms with E-state index in [4.69, 9.17) is 0 Å². The predicted molar refractivity (Wildman–Crippen MR) is 103 cm³/mol. The highest BCUT2D eigenvalue weighted by molar-refractivity contribution is 5.95. The number of benzene rings is 1. The Morgan fingerprint density at radius 3 is 2.77 bits per heavy atom. The number of rotatable bonds is 4. The number of pyridine rings is 2. The summed E-state index contributed by atoms with van der Waals surface area (Å²) >= 11 is 0. The van der Waals surface area contributed by atoms with Crippen molar-refractivity contribution >= 4 is 22.6 Å². The van der Waals surface area contributed by atoms with Crippen LogP contribution in [0.5, 0.6) is 0 Å². The lowest BCUT2D eigenvalue weighted by Crippen LogP contribution is -2.28. The molecule has 5 nitrogen and oxygen atoms in total. The summed E-state index contributed by atoms with van der Waals surface area (Å²) in [5, 5.41) is 1.14. The first-order valence-corrected chi connectivity index (χ1v) is 9.01. The van der Waals surface area contributed by atoms with E-state index in [-0.39, 0.29) is 5.91 Å². The van der Waals surface area contributed by atoms with Crippen LogP contribution in [0.1, 0.15) is 28.8 Å². The molecule has 0 radical (unpaired) electrons. The molecule has 132 valence electrons. The van der Waals surface area contributed by atoms with Crippen LogP contribution in [-0.4, -0.2) is 40.9 Å². The number of likely N-dealkylation sites (tertiary alicyclic amines) is 1. The Bertz CT molecular complexity index is 929. The molecule has 0 unspecified atom stereocenters. The molecule has 0 aliphatic carbocycles. The molecule has 0 saturated carbocycles. The first-order chi connectivity index (χ1) is 12.7. The van der Waals surface area contributed by atoms with Crippen LogP contribution in [0.2, 0.25) is 0 Å². The van der Waals surface area contributed by atoms with Crippen LogP contribution in [0.15, 0.2) is 54.9 Å². The second-order valence-electron chi connectivity index (χ2n) is 6.75. The van der Waals surface area contributed by atoms with Crippen LogP contribution in [0.25, 0.3) is 10.9 Å². The Kier molecular flexibility index (Phi) is 4.52. The number of carbonyl (C=O) groups excluding carboxylic acids is 1. The van der Waals surface area contributed by atoms with Crippen molar-refractivity contribution in [2.45, 2.75) is 19.4 Å². The molecule has 1 aliphatic heterocycles. The van der Waals surface area contributed by atoms with Gasteiger partial charge in [-0.15, -0.1) is 0 Å². The minimum Gasteiger partial charge on any atom is -0.355 e. The summed E-state index contributed by atoms with van der Waals surface area (Å²) in [6.45, 7) is 2.42. The number of hydrogen-bond acceptors (Lipinski definition) is 4. The van der Waals surface area contributed by atoms with E-state index in [0.29, 0.717) is 12.1 Å². The van der Waals surface area contributed by atoms with Crippen molar-refractivity contribution in [3.63, 3.8) is 0 Å². The fourth-order valence-corrected chi connectivity index (χ4v) is 3.50. The van der Waals surface area contributed by atoms with Gasteiger partial charge in [0.05, 0.1) is 5.52 Å². The molecular weight excluding hydrogens is 324 g/mol. The largest absolute Gasteiger partial charge is 0.355 e. The third-order valence-electron chi connectivity index (χ3n) is 4.92. The standard InChI is InChI=1S/C21H22N4O/c1-24(15-17-6-4-8-19-18(17)7-5-10-22-19)20-14-16(9-11-23-20)21(26)25-12-2-3-13-25/h4-11,14H,2-3,12-13,15H2,1H3. The van der Waals surface area contributed by atoms with Crippen molar-refractivity contribution in [3.05, 3.63) is 66.0 Å². The van der Waals surface area contributed by atoms with Gasteiger partial charge in [0.2, 0.25) is 0 Å². The smallest absolute Gasteiger partial charge is 0.254 e. The summed E-state index contributed by atoms with van der Waals surface area (Å²) in [5.74, 6) is 0.907. The van der Waals surface area contributed by atoms with Gasteiger partial charge in [0.1, 0.15) is 5.82 Å². The number of carbonyl (C=O) groups is 1. The average Bonchev–Trinajstić information content (AvgIpc) is 3.22. The topological polar surface area (TPSA) is 49.3 Å². The molecule has 0 bridgehead atoms. The van der Waals surface area contributed by atoms with Gasteiger partial charge >= 0.3 is 0 Å². The van der Waals surface area contributed by atoms with Crippen LogP contribution >= 0.6 is 0 Å². The molecule has 3 heterocycles. The normalized spacial score (nSPS) is 14.0. The Morgan fingerprint density at radius 1 is 1.08 bits per heavy atom. The van der Waals surface area contributed by atoms with Crippen molar-refractivity contribution < 1.29 is 4.79 Å². The van der Waals surface area contributed by atoms with Crippen LogP contribution in [0, 0.1) is 0 Å². The molecule has 1 aromatic carbocycles. The summed E-state index contributed by atoms with van der Waals surface area (Å²) in [6.07, 6.45) is 5.72. The second-order valence-corrected chi connectivity index (χ2v) is 6.75. The number of fused-ring (bicyclic) bond motifs is 1. The lowest BCUT2D eigenvalue weighted by Gasteiger charge is -2.21. The zero-order valence-corrected chi connectivity index (χ0v) is 14.9. The molecule has 26 heavy (non-hydrogen) atoms. The Morgan fingerprint density at radius 2 is 1.92 bits per heavy atom. The first kappa shape index (κ1) is 16.5. The van der Waals surface area contributed by atoms with Crippen molar-refractivity contribution in [3.8, 4) is 0 Å². The molecule has 1 fully saturated rings. The number of hydrogen-bond donors (Lipinski definition) is 0. The van der Waals surface area contributed by atoms with E-state index in [9.17, 15) is 4.79 Å². The van der Waals surface area contributed by atoms with Crippen LogP contribution in [0.4, 0.5) is 5.82 Å². The maximum Gasteiger partial charge on any atom is 0.254 e. The minimum atomic E-state index is 0.105. The van der Waals surface area contributed by atoms with E-state index in [1.165, 1.54) is 5.56 Å². The molecule has 4 rings (SSSR count). The number of aromatic nitrogens is 2. The molecule has 3 aromatic rings. The van der Waals surface area contributed by atoms with Gasteiger partial charge in [0.25, 0.3) is 5.91 Å². The van der Waals surface area contributed by atoms with Crippen LogP contribution < -0.4 is 4.90 Å². The molecule has 0 atom stereocenters. The Hall–Kier alpha value is -2.95. The summed E-state index contributed by atoms with van der Waals surface area (Å²) in [4.78, 5) is 25.5. The van der Waals surface area contributed by atoms with E-state index in [1.807, 2.05) is 42.4 Å². The molecule has 0 N–H and O–H groups in total. The fraction of sp³-hybridized carbons (Fsp3) is 0.286. The SMILES string of the molecule is CN(Cc1cccc2ncccc12)c1cc(C(=O)N2CCCC2)ccn1. The third kappa shape index (κ3) is 3.25. The van der Waals surface area contributed by atoms with Crippen LogP contribution in [-0.2, 0) is 6.54 Å². The number of anilines is 1. The quantitative estimate of drug-likeness (QED) is 0.725. The van der Waals surface area contributed by atoms with E-state index in [0.717, 1.165) is 42.7 Å². The molecule has 0 spiro atoms. The zero-order valence-electron chi connectivity index (χ0n) is 14.9. The van der Waals surface area contributed by atoms with Crippen molar-refractivity contribution in [1.29, 1.82) is 0 Å². The number of nitrogens with zero attached hydrogens (tertiary/aromatic N) is 4. The Labute approximate surface area is 153 Å². The van der Waals surface area contributed by atoms with E-state index >= 15 is 0 Å². The molecule has 1 amide bonds. The fourth-order valence-electron chi connectivity index (χ4n) is 3.50. The third-order valence-corrected chi connectivity index (χ3v) is 4.92. The van der Waals surface area contributed by atoms with E-state index in [2.05, 4.69) is 27.0 Å². The maximum atomic E-state index is 12.6. The maximum absolute atomic E-state index is 12.6. The molecule has 5 heteroatoms. The van der Waals surface area contributed by atoms with E-state index in [1.54, 1.807) is 12.3 Å². The van der Waals surface area contributed by atoms with Gasteiger partial charge in [0, 0.05) is 50.0 Å². The highest BCUT2D eigenvalue weighted by atomic mass is 16.2. The van der Waals surface area contributed by atoms with Gasteiger partial charge in [-0.3, -0.25) is 9.78 Å². The van der Waals surface area contributed by atoms with Gasteiger partial charge in [-0.25, -0.2) is 4.98 Å². The minimum absolute atomic E-state index is 0.105. The predicted octanol–water partition coefficient (Wildman–Crippen LogP) is 3.50. The zero-order chi connectivity index (χ0) is 17.9. The molecular formula is C21H22N4O. The molecule has 1 saturated heterocycles. The van der Waals surface area contributed by atoms with Crippen molar-refractivity contribution in [1.82, 2.24) is 14.9 Å². The van der Waals surface area contributed by atoms with Gasteiger partial charge in [-0.05, 0) is 42.7 Å². The van der Waals surface area contributed by atoms with Crippen molar-refractivity contribution in [2.24, 2.45) is 0 Å². The average molecular weight is 346 g/mol.